The monoisotopic (exact) mass is 558 g/mol. The molecule has 0 bridgehead atoms. The molecule has 0 fully saturated rings. The van der Waals surface area contributed by atoms with Crippen LogP contribution in [0.5, 0.6) is 5.75 Å². The van der Waals surface area contributed by atoms with Crippen LogP contribution in [-0.4, -0.2) is 45.3 Å². The molecule has 0 saturated carbocycles. The summed E-state index contributed by atoms with van der Waals surface area (Å²) in [4.78, 5) is 16.7. The number of nitrogens with one attached hydrogen (secondary N) is 3. The maximum absolute atomic E-state index is 13.3. The average Bonchev–Trinajstić information content (AvgIpc) is 2.74. The lowest BCUT2D eigenvalue weighted by atomic mass is 10.1. The van der Waals surface area contributed by atoms with Gasteiger partial charge in [0.1, 0.15) is 11.6 Å². The molecular weight excluding hydrogens is 526 g/mol. The molecule has 9 heteroatoms. The summed E-state index contributed by atoms with van der Waals surface area (Å²) >= 11 is 0. The lowest BCUT2D eigenvalue weighted by molar-refractivity contribution is -0.115. The first kappa shape index (κ1) is 27.6. The maximum Gasteiger partial charge on any atom is 0.243 e. The van der Waals surface area contributed by atoms with Crippen molar-refractivity contribution in [2.45, 2.75) is 26.8 Å². The minimum Gasteiger partial charge on any atom is -0.493 e. The number of nitrogens with zero attached hydrogens (tertiary/aromatic N) is 1. The van der Waals surface area contributed by atoms with Gasteiger partial charge < -0.3 is 25.4 Å². The molecule has 2 rings (SSSR count). The number of methoxy groups -OCH3 is 1. The van der Waals surface area contributed by atoms with E-state index in [1.54, 1.807) is 19.2 Å². The second-order valence-corrected chi connectivity index (χ2v) is 6.91. The smallest absolute Gasteiger partial charge is 0.243 e. The molecule has 0 aromatic heterocycles. The summed E-state index contributed by atoms with van der Waals surface area (Å²) in [6.07, 6.45) is 0.803. The van der Waals surface area contributed by atoms with E-state index in [0.717, 1.165) is 23.3 Å². The molecule has 2 aromatic rings. The number of ether oxygens (including phenoxy) is 2. The number of carbonyl (C=O) groups excluding carboxylic acids is 1. The van der Waals surface area contributed by atoms with Gasteiger partial charge in [-0.3, -0.25) is 4.79 Å². The van der Waals surface area contributed by atoms with Gasteiger partial charge in [0.2, 0.25) is 5.91 Å². The highest BCUT2D eigenvalue weighted by Gasteiger charge is 2.07. The van der Waals surface area contributed by atoms with Crippen molar-refractivity contribution in [2.75, 3.05) is 38.7 Å². The van der Waals surface area contributed by atoms with Crippen molar-refractivity contribution >= 4 is 41.5 Å². The van der Waals surface area contributed by atoms with E-state index in [0.29, 0.717) is 38.0 Å². The largest absolute Gasteiger partial charge is 0.493 e. The molecule has 0 heterocycles. The number of aliphatic imine (C=N–C) groups is 1. The Balaban J connectivity index is 0.00000512. The van der Waals surface area contributed by atoms with Crippen molar-refractivity contribution in [3.05, 3.63) is 59.4 Å². The Labute approximate surface area is 206 Å². The first-order chi connectivity index (χ1) is 15.0. The Kier molecular flexibility index (Phi) is 13.3. The number of guanidine groups is 1. The molecule has 0 aliphatic heterocycles. The number of rotatable bonds is 11. The highest BCUT2D eigenvalue weighted by atomic mass is 127. The molecule has 7 nitrogen and oxygen atoms in total. The zero-order valence-corrected chi connectivity index (χ0v) is 21.1. The number of anilines is 1. The number of halogens is 2. The van der Waals surface area contributed by atoms with Crippen LogP contribution in [0, 0.1) is 12.7 Å². The first-order valence-corrected chi connectivity index (χ1v) is 10.3. The van der Waals surface area contributed by atoms with Gasteiger partial charge in [0.25, 0.3) is 0 Å². The van der Waals surface area contributed by atoms with Crippen molar-refractivity contribution in [3.63, 3.8) is 0 Å². The van der Waals surface area contributed by atoms with Crippen LogP contribution in [0.4, 0.5) is 10.1 Å². The summed E-state index contributed by atoms with van der Waals surface area (Å²) in [7, 11) is 1.67. The van der Waals surface area contributed by atoms with Crippen molar-refractivity contribution in [1.29, 1.82) is 0 Å². The van der Waals surface area contributed by atoms with Crippen LogP contribution in [0.1, 0.15) is 24.5 Å². The molecule has 0 aliphatic rings. The standard InChI is InChI=1S/C23H31FN4O3.HI/c1-4-25-23(27-16-22(29)28-20-8-5-7-19(24)14-20)26-15-18-10-9-17(2)13-21(18)31-12-6-11-30-3;/h5,7-10,13-14H,4,6,11-12,15-16H2,1-3H3,(H,28,29)(H2,25,26,27);1H. The van der Waals surface area contributed by atoms with E-state index in [2.05, 4.69) is 20.9 Å². The van der Waals surface area contributed by atoms with Crippen LogP contribution in [0.2, 0.25) is 0 Å². The molecule has 0 atom stereocenters. The highest BCUT2D eigenvalue weighted by Crippen LogP contribution is 2.21. The minimum atomic E-state index is -0.404. The van der Waals surface area contributed by atoms with Gasteiger partial charge in [0, 0.05) is 37.9 Å². The van der Waals surface area contributed by atoms with Gasteiger partial charge >= 0.3 is 0 Å². The zero-order valence-electron chi connectivity index (χ0n) is 18.7. The van der Waals surface area contributed by atoms with Crippen LogP contribution in [0.3, 0.4) is 0 Å². The van der Waals surface area contributed by atoms with Gasteiger partial charge in [-0.1, -0.05) is 18.2 Å². The molecule has 2 aromatic carbocycles. The first-order valence-electron chi connectivity index (χ1n) is 10.3. The van der Waals surface area contributed by atoms with E-state index in [4.69, 9.17) is 9.47 Å². The van der Waals surface area contributed by atoms with E-state index < -0.39 is 5.82 Å². The molecule has 0 radical (unpaired) electrons. The number of hydrogen-bond acceptors (Lipinski definition) is 4. The summed E-state index contributed by atoms with van der Waals surface area (Å²) in [6.45, 7) is 6.19. The lowest BCUT2D eigenvalue weighted by Gasteiger charge is -2.14. The summed E-state index contributed by atoms with van der Waals surface area (Å²) in [5.41, 5.74) is 2.46. The van der Waals surface area contributed by atoms with Crippen LogP contribution >= 0.6 is 24.0 Å². The van der Waals surface area contributed by atoms with Gasteiger partial charge in [-0.15, -0.1) is 24.0 Å². The zero-order chi connectivity index (χ0) is 22.5. The lowest BCUT2D eigenvalue weighted by Crippen LogP contribution is -2.41. The number of aryl methyl sites for hydroxylation is 1. The van der Waals surface area contributed by atoms with E-state index in [1.165, 1.54) is 12.1 Å². The third-order valence-electron chi connectivity index (χ3n) is 4.25. The van der Waals surface area contributed by atoms with Crippen molar-refractivity contribution in [3.8, 4) is 5.75 Å². The quantitative estimate of drug-likeness (QED) is 0.169. The molecule has 0 spiro atoms. The fourth-order valence-corrected chi connectivity index (χ4v) is 2.75. The number of hydrogen-bond donors (Lipinski definition) is 3. The van der Waals surface area contributed by atoms with Gasteiger partial charge in [-0.25, -0.2) is 9.38 Å². The second kappa shape index (κ2) is 15.4. The highest BCUT2D eigenvalue weighted by molar-refractivity contribution is 14.0. The van der Waals surface area contributed by atoms with Crippen LogP contribution in [0.25, 0.3) is 0 Å². The van der Waals surface area contributed by atoms with E-state index >= 15 is 0 Å². The third-order valence-corrected chi connectivity index (χ3v) is 4.25. The van der Waals surface area contributed by atoms with Crippen molar-refractivity contribution in [1.82, 2.24) is 10.6 Å². The fraction of sp³-hybridized carbons (Fsp3) is 0.391. The molecular formula is C23H32FIN4O3. The van der Waals surface area contributed by atoms with Crippen LogP contribution in [0.15, 0.2) is 47.5 Å². The Morgan fingerprint density at radius 3 is 2.66 bits per heavy atom. The molecule has 176 valence electrons. The topological polar surface area (TPSA) is 84.0 Å². The molecule has 32 heavy (non-hydrogen) atoms. The third kappa shape index (κ3) is 10.3. The van der Waals surface area contributed by atoms with Gasteiger partial charge in [0.05, 0.1) is 19.7 Å². The predicted octanol–water partition coefficient (Wildman–Crippen LogP) is 3.86. The van der Waals surface area contributed by atoms with Crippen molar-refractivity contribution < 1.29 is 18.7 Å². The van der Waals surface area contributed by atoms with E-state index in [-0.39, 0.29) is 36.4 Å². The molecule has 0 saturated heterocycles. The fourth-order valence-electron chi connectivity index (χ4n) is 2.75. The maximum atomic E-state index is 13.3. The summed E-state index contributed by atoms with van der Waals surface area (Å²) in [5.74, 6) is 0.593. The summed E-state index contributed by atoms with van der Waals surface area (Å²) in [6, 6.07) is 11.8. The Hall–Kier alpha value is -2.40. The predicted molar refractivity (Wildman–Crippen MR) is 136 cm³/mol. The Morgan fingerprint density at radius 2 is 1.94 bits per heavy atom. The normalized spacial score (nSPS) is 10.8. The molecule has 0 aliphatic carbocycles. The SMILES string of the molecule is CCNC(=NCc1ccc(C)cc1OCCCOC)NCC(=O)Nc1cccc(F)c1.I. The summed E-state index contributed by atoms with van der Waals surface area (Å²) in [5, 5.41) is 8.75. The summed E-state index contributed by atoms with van der Waals surface area (Å²) < 4.78 is 24.2. The molecule has 1 amide bonds. The van der Waals surface area contributed by atoms with Gasteiger partial charge in [-0.2, -0.15) is 0 Å². The van der Waals surface area contributed by atoms with E-state index in [1.807, 2.05) is 32.0 Å². The average molecular weight is 558 g/mol. The van der Waals surface area contributed by atoms with E-state index in [9.17, 15) is 9.18 Å². The van der Waals surface area contributed by atoms with Crippen LogP contribution < -0.4 is 20.7 Å². The second-order valence-electron chi connectivity index (χ2n) is 6.91. The number of amides is 1. The molecule has 0 unspecified atom stereocenters. The number of carbonyl (C=O) groups is 1. The van der Waals surface area contributed by atoms with Gasteiger partial charge in [0.15, 0.2) is 5.96 Å². The minimum absolute atomic E-state index is 0. The Bertz CT molecular complexity index is 880. The Morgan fingerprint density at radius 1 is 1.12 bits per heavy atom. The number of benzene rings is 2. The van der Waals surface area contributed by atoms with Gasteiger partial charge in [-0.05, 0) is 43.7 Å². The van der Waals surface area contributed by atoms with Crippen LogP contribution in [-0.2, 0) is 16.1 Å². The molecule has 3 N–H and O–H groups in total. The van der Waals surface area contributed by atoms with Crippen molar-refractivity contribution in [2.24, 2.45) is 4.99 Å².